The number of nitrogens with one attached hydrogen (secondary N) is 2. The van der Waals surface area contributed by atoms with Gasteiger partial charge >= 0.3 is 0 Å². The van der Waals surface area contributed by atoms with E-state index < -0.39 is 10.0 Å². The molecule has 3 rings (SSSR count). The van der Waals surface area contributed by atoms with Crippen molar-refractivity contribution in [2.24, 2.45) is 5.92 Å². The lowest BCUT2D eigenvalue weighted by atomic mass is 9.95. The average Bonchev–Trinajstić information content (AvgIpc) is 3.13. The van der Waals surface area contributed by atoms with Crippen molar-refractivity contribution in [3.05, 3.63) is 17.0 Å². The third kappa shape index (κ3) is 3.47. The van der Waals surface area contributed by atoms with Crippen LogP contribution in [0.2, 0.25) is 0 Å². The van der Waals surface area contributed by atoms with Gasteiger partial charge in [0.15, 0.2) is 5.69 Å². The van der Waals surface area contributed by atoms with Gasteiger partial charge in [0.2, 0.25) is 10.0 Å². The second-order valence-electron chi connectivity index (χ2n) is 6.67. The lowest BCUT2D eigenvalue weighted by Crippen LogP contribution is -2.44. The average molecular weight is 356 g/mol. The van der Waals surface area contributed by atoms with Crippen molar-refractivity contribution in [3.8, 4) is 0 Å². The highest BCUT2D eigenvalue weighted by Crippen LogP contribution is 2.23. The number of amides is 1. The van der Waals surface area contributed by atoms with Crippen LogP contribution < -0.4 is 5.32 Å². The minimum atomic E-state index is -3.34. The number of hydrogen-bond donors (Lipinski definition) is 2. The standard InChI is InChI=1S/C15H24N4O4S/c1-19(2)24(21,22)9-10-7-23-8-13(10)16-15(20)14-11-5-3-4-6-12(11)17-18-14/h10,13H,3-9H2,1-2H3,(H,16,20)(H,17,18)/t10-,13-/m0/s1. The molecule has 1 aliphatic heterocycles. The summed E-state index contributed by atoms with van der Waals surface area (Å²) in [5.41, 5.74) is 2.47. The summed E-state index contributed by atoms with van der Waals surface area (Å²) in [6.45, 7) is 0.655. The highest BCUT2D eigenvalue weighted by Gasteiger charge is 2.35. The molecule has 134 valence electrons. The number of sulfonamides is 1. The molecule has 0 bridgehead atoms. The van der Waals surface area contributed by atoms with Crippen molar-refractivity contribution in [2.75, 3.05) is 33.1 Å². The summed E-state index contributed by atoms with van der Waals surface area (Å²) in [7, 11) is -0.321. The van der Waals surface area contributed by atoms with E-state index in [1.165, 1.54) is 18.4 Å². The Morgan fingerprint density at radius 3 is 2.83 bits per heavy atom. The Kier molecular flexibility index (Phi) is 4.93. The van der Waals surface area contributed by atoms with Gasteiger partial charge in [-0.15, -0.1) is 0 Å². The van der Waals surface area contributed by atoms with Gasteiger partial charge in [0.05, 0.1) is 25.0 Å². The van der Waals surface area contributed by atoms with Crippen molar-refractivity contribution >= 4 is 15.9 Å². The van der Waals surface area contributed by atoms with Gasteiger partial charge in [-0.3, -0.25) is 9.89 Å². The van der Waals surface area contributed by atoms with Gasteiger partial charge < -0.3 is 10.1 Å². The molecule has 2 heterocycles. The Balaban J connectivity index is 1.68. The van der Waals surface area contributed by atoms with E-state index in [-0.39, 0.29) is 23.6 Å². The molecule has 0 radical (unpaired) electrons. The van der Waals surface area contributed by atoms with Crippen LogP contribution in [0.4, 0.5) is 0 Å². The molecule has 0 aromatic carbocycles. The van der Waals surface area contributed by atoms with Gasteiger partial charge in [0.25, 0.3) is 5.91 Å². The van der Waals surface area contributed by atoms with Gasteiger partial charge in [0, 0.05) is 31.3 Å². The summed E-state index contributed by atoms with van der Waals surface area (Å²) in [6.07, 6.45) is 3.94. The molecular formula is C15H24N4O4S. The van der Waals surface area contributed by atoms with Crippen LogP contribution in [0.5, 0.6) is 0 Å². The molecule has 1 fully saturated rings. The summed E-state index contributed by atoms with van der Waals surface area (Å²) < 4.78 is 30.8. The summed E-state index contributed by atoms with van der Waals surface area (Å²) >= 11 is 0. The van der Waals surface area contributed by atoms with Crippen LogP contribution in [0.15, 0.2) is 0 Å². The second-order valence-corrected chi connectivity index (χ2v) is 8.90. The zero-order chi connectivity index (χ0) is 17.3. The molecule has 8 nitrogen and oxygen atoms in total. The number of hydrogen-bond acceptors (Lipinski definition) is 5. The number of carbonyl (C=O) groups excluding carboxylic acids is 1. The van der Waals surface area contributed by atoms with Crippen molar-refractivity contribution < 1.29 is 17.9 Å². The number of H-pyrrole nitrogens is 1. The van der Waals surface area contributed by atoms with Gasteiger partial charge in [-0.1, -0.05) is 0 Å². The number of carbonyl (C=O) groups is 1. The number of nitrogens with zero attached hydrogens (tertiary/aromatic N) is 2. The Morgan fingerprint density at radius 1 is 1.33 bits per heavy atom. The predicted octanol–water partition coefficient (Wildman–Crippen LogP) is -0.0753. The molecule has 1 aromatic rings. The summed E-state index contributed by atoms with van der Waals surface area (Å²) in [6, 6.07) is -0.317. The van der Waals surface area contributed by atoms with E-state index in [2.05, 4.69) is 15.5 Å². The minimum Gasteiger partial charge on any atom is -0.379 e. The van der Waals surface area contributed by atoms with Crippen molar-refractivity contribution in [3.63, 3.8) is 0 Å². The molecule has 2 atom stereocenters. The minimum absolute atomic E-state index is 0.0381. The molecule has 2 N–H and O–H groups in total. The van der Waals surface area contributed by atoms with Crippen molar-refractivity contribution in [1.82, 2.24) is 19.8 Å². The lowest BCUT2D eigenvalue weighted by Gasteiger charge is -2.21. The predicted molar refractivity (Wildman–Crippen MR) is 88.3 cm³/mol. The van der Waals surface area contributed by atoms with E-state index in [9.17, 15) is 13.2 Å². The van der Waals surface area contributed by atoms with Crippen LogP contribution in [-0.2, 0) is 27.6 Å². The third-order valence-corrected chi connectivity index (χ3v) is 6.73. The largest absolute Gasteiger partial charge is 0.379 e. The first-order chi connectivity index (χ1) is 11.4. The monoisotopic (exact) mass is 356 g/mol. The van der Waals surface area contributed by atoms with Crippen LogP contribution in [0.1, 0.15) is 34.6 Å². The molecule has 24 heavy (non-hydrogen) atoms. The highest BCUT2D eigenvalue weighted by atomic mass is 32.2. The normalized spacial score (nSPS) is 24.1. The van der Waals surface area contributed by atoms with Gasteiger partial charge in [-0.2, -0.15) is 5.10 Å². The number of rotatable bonds is 5. The topological polar surface area (TPSA) is 104 Å². The van der Waals surface area contributed by atoms with Crippen LogP contribution in [0.3, 0.4) is 0 Å². The fourth-order valence-electron chi connectivity index (χ4n) is 3.25. The first kappa shape index (κ1) is 17.4. The second kappa shape index (κ2) is 6.81. The van der Waals surface area contributed by atoms with E-state index in [1.807, 2.05) is 0 Å². The molecule has 1 aromatic heterocycles. The highest BCUT2D eigenvalue weighted by molar-refractivity contribution is 7.89. The SMILES string of the molecule is CN(C)S(=O)(=O)C[C@@H]1COC[C@@H]1NC(=O)c1n[nH]c2c1CCCC2. The molecule has 0 unspecified atom stereocenters. The van der Waals surface area contributed by atoms with Crippen LogP contribution in [0.25, 0.3) is 0 Å². The maximum atomic E-state index is 12.6. The van der Waals surface area contributed by atoms with Crippen LogP contribution >= 0.6 is 0 Å². The number of aromatic nitrogens is 2. The maximum Gasteiger partial charge on any atom is 0.272 e. The Morgan fingerprint density at radius 2 is 2.08 bits per heavy atom. The van der Waals surface area contributed by atoms with Gasteiger partial charge in [-0.05, 0) is 25.7 Å². The summed E-state index contributed by atoms with van der Waals surface area (Å²) in [5.74, 6) is -0.544. The van der Waals surface area contributed by atoms with Crippen molar-refractivity contribution in [1.29, 1.82) is 0 Å². The molecule has 9 heteroatoms. The molecule has 0 saturated carbocycles. The van der Waals surface area contributed by atoms with E-state index in [0.717, 1.165) is 36.9 Å². The summed E-state index contributed by atoms with van der Waals surface area (Å²) in [5, 5.41) is 10.0. The first-order valence-electron chi connectivity index (χ1n) is 8.23. The summed E-state index contributed by atoms with van der Waals surface area (Å²) in [4.78, 5) is 12.6. The number of aromatic amines is 1. The fraction of sp³-hybridized carbons (Fsp3) is 0.733. The third-order valence-electron chi connectivity index (χ3n) is 4.77. The zero-order valence-corrected chi connectivity index (χ0v) is 14.9. The maximum absolute atomic E-state index is 12.6. The number of aryl methyl sites for hydroxylation is 1. The van der Waals surface area contributed by atoms with Gasteiger partial charge in [-0.25, -0.2) is 12.7 Å². The first-order valence-corrected chi connectivity index (χ1v) is 9.84. The molecular weight excluding hydrogens is 332 g/mol. The van der Waals surface area contributed by atoms with E-state index in [0.29, 0.717) is 18.9 Å². The Labute approximate surface area is 142 Å². The van der Waals surface area contributed by atoms with Gasteiger partial charge in [0.1, 0.15) is 0 Å². The molecule has 1 saturated heterocycles. The van der Waals surface area contributed by atoms with E-state index in [4.69, 9.17) is 4.74 Å². The Hall–Kier alpha value is -1.45. The zero-order valence-electron chi connectivity index (χ0n) is 14.0. The van der Waals surface area contributed by atoms with Crippen molar-refractivity contribution in [2.45, 2.75) is 31.7 Å². The lowest BCUT2D eigenvalue weighted by molar-refractivity contribution is 0.0920. The molecule has 0 spiro atoms. The number of fused-ring (bicyclic) bond motifs is 1. The smallest absolute Gasteiger partial charge is 0.272 e. The van der Waals surface area contributed by atoms with Crippen LogP contribution in [0, 0.1) is 5.92 Å². The van der Waals surface area contributed by atoms with Crippen LogP contribution in [-0.4, -0.2) is 67.9 Å². The van der Waals surface area contributed by atoms with E-state index >= 15 is 0 Å². The molecule has 2 aliphatic rings. The fourth-order valence-corrected chi connectivity index (χ4v) is 4.42. The molecule has 1 amide bonds. The Bertz CT molecular complexity index is 713. The molecule has 1 aliphatic carbocycles. The van der Waals surface area contributed by atoms with E-state index in [1.54, 1.807) is 0 Å². The number of ether oxygens (including phenoxy) is 1. The quantitative estimate of drug-likeness (QED) is 0.768.